The van der Waals surface area contributed by atoms with Crippen molar-refractivity contribution in [3.8, 4) is 11.8 Å². The van der Waals surface area contributed by atoms with Crippen molar-refractivity contribution in [2.75, 3.05) is 5.32 Å². The summed E-state index contributed by atoms with van der Waals surface area (Å²) >= 11 is 0. The second kappa shape index (κ2) is 8.23. The van der Waals surface area contributed by atoms with Crippen molar-refractivity contribution >= 4 is 22.4 Å². The highest BCUT2D eigenvalue weighted by atomic mass is 19.4. The molecule has 162 valence electrons. The summed E-state index contributed by atoms with van der Waals surface area (Å²) < 4.78 is 57.8. The number of halogens is 4. The highest BCUT2D eigenvalue weighted by Crippen LogP contribution is 2.31. The minimum atomic E-state index is -4.41. The van der Waals surface area contributed by atoms with Gasteiger partial charge < -0.3 is 15.0 Å². The van der Waals surface area contributed by atoms with Crippen molar-refractivity contribution in [3.63, 3.8) is 0 Å². The van der Waals surface area contributed by atoms with Gasteiger partial charge in [0.05, 0.1) is 11.1 Å². The molecule has 4 rings (SSSR count). The Morgan fingerprint density at radius 1 is 1.09 bits per heavy atom. The van der Waals surface area contributed by atoms with Crippen LogP contribution in [0, 0.1) is 17.1 Å². The number of anilines is 2. The number of fused-ring (bicyclic) bond motifs is 1. The summed E-state index contributed by atoms with van der Waals surface area (Å²) in [5, 5.41) is 12.8. The number of benzene rings is 2. The van der Waals surface area contributed by atoms with Gasteiger partial charge in [-0.25, -0.2) is 9.37 Å². The highest BCUT2D eigenvalue weighted by Gasteiger charge is 2.30. The Morgan fingerprint density at radius 3 is 2.53 bits per heavy atom. The van der Waals surface area contributed by atoms with E-state index in [1.807, 2.05) is 6.07 Å². The van der Waals surface area contributed by atoms with E-state index in [2.05, 4.69) is 15.3 Å². The van der Waals surface area contributed by atoms with Gasteiger partial charge in [0.15, 0.2) is 0 Å². The largest absolute Gasteiger partial charge is 0.486 e. The Bertz CT molecular complexity index is 1310. The molecule has 0 aliphatic rings. The molecule has 9 heteroatoms. The number of nitrogens with zero attached hydrogens (tertiary/aromatic N) is 2. The normalized spacial score (nSPS) is 12.4. The molecule has 1 atom stereocenters. The number of nitrogens with one attached hydrogen (secondary N) is 2. The molecule has 0 amide bonds. The summed E-state index contributed by atoms with van der Waals surface area (Å²) in [6.45, 7) is 1.69. The van der Waals surface area contributed by atoms with E-state index in [4.69, 9.17) is 4.74 Å². The molecule has 0 saturated heterocycles. The Kier molecular flexibility index (Phi) is 5.45. The van der Waals surface area contributed by atoms with E-state index < -0.39 is 17.8 Å². The molecule has 2 aromatic heterocycles. The van der Waals surface area contributed by atoms with Gasteiger partial charge in [-0.3, -0.25) is 0 Å². The molecule has 32 heavy (non-hydrogen) atoms. The second-order valence-corrected chi connectivity index (χ2v) is 7.09. The summed E-state index contributed by atoms with van der Waals surface area (Å²) in [7, 11) is 0. The number of ether oxygens (including phenoxy) is 1. The molecular weight excluding hydrogens is 424 g/mol. The molecule has 0 aliphatic heterocycles. The average Bonchev–Trinajstić information content (AvgIpc) is 3.13. The Balaban J connectivity index is 1.55. The van der Waals surface area contributed by atoms with Crippen LogP contribution in [-0.2, 0) is 6.18 Å². The molecule has 0 fully saturated rings. The number of pyridine rings is 1. The molecule has 2 heterocycles. The van der Waals surface area contributed by atoms with Crippen molar-refractivity contribution in [1.29, 1.82) is 5.26 Å². The fraction of sp³-hybridized carbons (Fsp3) is 0.130. The number of nitriles is 1. The van der Waals surface area contributed by atoms with Crippen LogP contribution in [-0.4, -0.2) is 9.97 Å². The van der Waals surface area contributed by atoms with E-state index in [9.17, 15) is 22.8 Å². The first-order chi connectivity index (χ1) is 15.2. The maximum absolute atomic E-state index is 13.6. The third kappa shape index (κ3) is 4.49. The summed E-state index contributed by atoms with van der Waals surface area (Å²) in [4.78, 5) is 7.01. The quantitative estimate of drug-likeness (QED) is 0.349. The zero-order chi connectivity index (χ0) is 22.9. The lowest BCUT2D eigenvalue weighted by molar-refractivity contribution is -0.137. The van der Waals surface area contributed by atoms with E-state index in [-0.39, 0.29) is 11.5 Å². The van der Waals surface area contributed by atoms with Gasteiger partial charge >= 0.3 is 6.18 Å². The maximum Gasteiger partial charge on any atom is 0.416 e. The molecule has 4 aromatic rings. The number of rotatable bonds is 5. The Hall–Kier alpha value is -4.06. The Labute approximate surface area is 180 Å². The summed E-state index contributed by atoms with van der Waals surface area (Å²) in [5.41, 5.74) is 1.10. The molecule has 1 unspecified atom stereocenters. The van der Waals surface area contributed by atoms with Crippen LogP contribution in [0.2, 0.25) is 0 Å². The number of aromatic amines is 1. The molecule has 0 spiro atoms. The average molecular weight is 440 g/mol. The van der Waals surface area contributed by atoms with Crippen molar-refractivity contribution in [2.45, 2.75) is 19.2 Å². The van der Waals surface area contributed by atoms with Crippen molar-refractivity contribution in [3.05, 3.63) is 83.4 Å². The minimum absolute atomic E-state index is 0.0941. The monoisotopic (exact) mass is 440 g/mol. The second-order valence-electron chi connectivity index (χ2n) is 7.09. The fourth-order valence-electron chi connectivity index (χ4n) is 3.23. The maximum atomic E-state index is 13.6. The number of aromatic nitrogens is 2. The van der Waals surface area contributed by atoms with Gasteiger partial charge in [-0.1, -0.05) is 12.1 Å². The molecule has 2 aromatic carbocycles. The third-order valence-corrected chi connectivity index (χ3v) is 4.84. The van der Waals surface area contributed by atoms with Gasteiger partial charge in [0.25, 0.3) is 0 Å². The topological polar surface area (TPSA) is 73.7 Å². The lowest BCUT2D eigenvalue weighted by atomic mass is 10.1. The zero-order valence-corrected chi connectivity index (χ0v) is 16.7. The molecular formula is C23H16F4N4O. The summed E-state index contributed by atoms with van der Waals surface area (Å²) in [6, 6.07) is 14.6. The predicted octanol–water partition coefficient (Wildman–Crippen LogP) is 6.48. The number of hydrogen-bond acceptors (Lipinski definition) is 4. The van der Waals surface area contributed by atoms with Crippen LogP contribution in [0.3, 0.4) is 0 Å². The molecule has 0 bridgehead atoms. The molecule has 2 N–H and O–H groups in total. The van der Waals surface area contributed by atoms with Crippen LogP contribution < -0.4 is 10.1 Å². The predicted molar refractivity (Wildman–Crippen MR) is 111 cm³/mol. The molecule has 0 saturated carbocycles. The van der Waals surface area contributed by atoms with Crippen molar-refractivity contribution < 1.29 is 22.3 Å². The lowest BCUT2D eigenvalue weighted by Crippen LogP contribution is -2.07. The lowest BCUT2D eigenvalue weighted by Gasteiger charge is -2.17. The first-order valence-corrected chi connectivity index (χ1v) is 9.52. The number of H-pyrrole nitrogens is 1. The van der Waals surface area contributed by atoms with Gasteiger partial charge in [0, 0.05) is 29.4 Å². The van der Waals surface area contributed by atoms with Gasteiger partial charge in [0.1, 0.15) is 35.3 Å². The third-order valence-electron chi connectivity index (χ3n) is 4.84. The van der Waals surface area contributed by atoms with Gasteiger partial charge in [0.2, 0.25) is 0 Å². The standard InChI is InChI=1S/C23H16F4N4O/c1-13(14-2-4-15(5-3-14)23(25,26)27)32-18-8-17(11-28)31-22(10-18)30-16-6-7-19-20(24)12-29-21(19)9-16/h2-10,12-13,29H,1H3,(H,30,31). The van der Waals surface area contributed by atoms with Gasteiger partial charge in [-0.05, 0) is 42.8 Å². The van der Waals surface area contributed by atoms with Gasteiger partial charge in [-0.15, -0.1) is 0 Å². The van der Waals surface area contributed by atoms with E-state index >= 15 is 0 Å². The van der Waals surface area contributed by atoms with Crippen molar-refractivity contribution in [1.82, 2.24) is 9.97 Å². The van der Waals surface area contributed by atoms with Gasteiger partial charge in [-0.2, -0.15) is 18.4 Å². The van der Waals surface area contributed by atoms with Crippen LogP contribution in [0.5, 0.6) is 5.75 Å². The van der Waals surface area contributed by atoms with E-state index in [1.165, 1.54) is 24.4 Å². The summed E-state index contributed by atoms with van der Waals surface area (Å²) in [5.74, 6) is 0.285. The summed E-state index contributed by atoms with van der Waals surface area (Å²) in [6.07, 6.45) is -3.72. The first kappa shape index (κ1) is 21.2. The fourth-order valence-corrected chi connectivity index (χ4v) is 3.23. The zero-order valence-electron chi connectivity index (χ0n) is 16.7. The minimum Gasteiger partial charge on any atom is -0.486 e. The van der Waals surface area contributed by atoms with Crippen LogP contribution in [0.4, 0.5) is 29.1 Å². The van der Waals surface area contributed by atoms with Crippen LogP contribution in [0.25, 0.3) is 10.9 Å². The van der Waals surface area contributed by atoms with E-state index in [0.717, 1.165) is 12.1 Å². The SMILES string of the molecule is CC(Oc1cc(C#N)nc(Nc2ccc3c(F)c[nH]c3c2)c1)c1ccc(C(F)(F)F)cc1. The van der Waals surface area contributed by atoms with Crippen LogP contribution in [0.1, 0.15) is 29.8 Å². The highest BCUT2D eigenvalue weighted by molar-refractivity contribution is 5.84. The first-order valence-electron chi connectivity index (χ1n) is 9.52. The van der Waals surface area contributed by atoms with E-state index in [1.54, 1.807) is 31.2 Å². The molecule has 5 nitrogen and oxygen atoms in total. The van der Waals surface area contributed by atoms with Crippen LogP contribution in [0.15, 0.2) is 60.8 Å². The number of alkyl halides is 3. The molecule has 0 aliphatic carbocycles. The smallest absolute Gasteiger partial charge is 0.416 e. The molecule has 0 radical (unpaired) electrons. The van der Waals surface area contributed by atoms with Crippen molar-refractivity contribution in [2.24, 2.45) is 0 Å². The van der Waals surface area contributed by atoms with Crippen LogP contribution >= 0.6 is 0 Å². The Morgan fingerprint density at radius 2 is 1.84 bits per heavy atom. The number of hydrogen-bond donors (Lipinski definition) is 2. The van der Waals surface area contributed by atoms with E-state index in [0.29, 0.717) is 33.7 Å².